The van der Waals surface area contributed by atoms with Crippen molar-refractivity contribution in [3.05, 3.63) is 18.5 Å². The molecule has 2 aliphatic rings. The Bertz CT molecular complexity index is 833. The van der Waals surface area contributed by atoms with Crippen molar-refractivity contribution in [1.82, 2.24) is 14.8 Å². The molecule has 4 rings (SSSR count). The van der Waals surface area contributed by atoms with E-state index in [2.05, 4.69) is 10.1 Å². The Balaban J connectivity index is 1.79. The van der Waals surface area contributed by atoms with Crippen LogP contribution >= 0.6 is 0 Å². The zero-order chi connectivity index (χ0) is 16.6. The second-order valence-corrected chi connectivity index (χ2v) is 6.34. The maximum absolute atomic E-state index is 13.5. The summed E-state index contributed by atoms with van der Waals surface area (Å²) in [6.07, 6.45) is -1.86. The second kappa shape index (κ2) is 3.95. The molecule has 1 saturated carbocycles. The average Bonchev–Trinajstić information content (AvgIpc) is 2.82. The van der Waals surface area contributed by atoms with Crippen molar-refractivity contribution in [2.45, 2.75) is 12.6 Å². The minimum Gasteiger partial charge on any atom is -0.481 e. The van der Waals surface area contributed by atoms with Crippen LogP contribution in [0.1, 0.15) is 6.42 Å². The van der Waals surface area contributed by atoms with Gasteiger partial charge < -0.3 is 10.0 Å². The van der Waals surface area contributed by atoms with Gasteiger partial charge in [0.05, 0.1) is 17.3 Å². The summed E-state index contributed by atoms with van der Waals surface area (Å²) < 4.78 is 42.0. The molecule has 1 saturated heterocycles. The molecule has 0 radical (unpaired) electrons. The first-order valence-corrected chi connectivity index (χ1v) is 7.04. The molecule has 2 aromatic rings. The number of aliphatic carboxylic acids is 1. The van der Waals surface area contributed by atoms with Gasteiger partial charge in [0.15, 0.2) is 5.65 Å². The van der Waals surface area contributed by atoms with Gasteiger partial charge in [0.2, 0.25) is 0 Å². The van der Waals surface area contributed by atoms with Gasteiger partial charge in [0.1, 0.15) is 10.8 Å². The summed E-state index contributed by atoms with van der Waals surface area (Å²) in [4.78, 5) is 17.2. The summed E-state index contributed by atoms with van der Waals surface area (Å²) in [5.41, 5.74) is -2.82. The number of pyridine rings is 1. The third-order valence-electron chi connectivity index (χ3n) is 5.22. The van der Waals surface area contributed by atoms with E-state index in [-0.39, 0.29) is 19.5 Å². The summed E-state index contributed by atoms with van der Waals surface area (Å²) in [5, 5.41) is 14.1. The molecule has 23 heavy (non-hydrogen) atoms. The Hall–Kier alpha value is -2.32. The number of anilines is 1. The largest absolute Gasteiger partial charge is 0.481 e. The summed E-state index contributed by atoms with van der Waals surface area (Å²) in [7, 11) is 1.69. The maximum Gasteiger partial charge on any atom is 0.397 e. The first-order chi connectivity index (χ1) is 10.7. The minimum absolute atomic E-state index is 0.157. The molecular formula is C14H13F3N4O2. The number of aromatic nitrogens is 3. The number of halogens is 3. The van der Waals surface area contributed by atoms with Gasteiger partial charge in [-0.1, -0.05) is 0 Å². The number of carbonyl (C=O) groups is 1. The highest BCUT2D eigenvalue weighted by Crippen LogP contribution is 2.75. The first kappa shape index (κ1) is 14.3. The van der Waals surface area contributed by atoms with E-state index in [1.165, 1.54) is 22.0 Å². The molecule has 9 heteroatoms. The number of fused-ring (bicyclic) bond motifs is 2. The van der Waals surface area contributed by atoms with Crippen LogP contribution in [0.15, 0.2) is 18.5 Å². The van der Waals surface area contributed by atoms with Crippen LogP contribution in [0.2, 0.25) is 0 Å². The Kier molecular flexibility index (Phi) is 2.45. The van der Waals surface area contributed by atoms with Crippen molar-refractivity contribution in [2.24, 2.45) is 17.9 Å². The van der Waals surface area contributed by atoms with E-state index >= 15 is 0 Å². The molecular weight excluding hydrogens is 313 g/mol. The second-order valence-electron chi connectivity index (χ2n) is 6.34. The fourth-order valence-electron chi connectivity index (χ4n) is 3.88. The standard InChI is InChI=1S/C14H13F3N4O2/c1-20-10-8(4-19-20)9(2-3-18-10)21-6-12(11(22)23)5-13(12,7-21)14(15,16)17/h2-4H,5-7H2,1H3,(H,22,23). The van der Waals surface area contributed by atoms with Crippen LogP contribution in [-0.4, -0.2) is 45.1 Å². The first-order valence-electron chi connectivity index (χ1n) is 7.04. The lowest BCUT2D eigenvalue weighted by Gasteiger charge is -2.24. The molecule has 1 aliphatic heterocycles. The highest BCUT2D eigenvalue weighted by Gasteiger charge is 2.86. The molecule has 0 amide bonds. The number of hydrogen-bond acceptors (Lipinski definition) is 4. The number of alkyl halides is 3. The number of aryl methyl sites for hydroxylation is 1. The summed E-state index contributed by atoms with van der Waals surface area (Å²) in [6.45, 7) is -0.507. The number of rotatable bonds is 2. The van der Waals surface area contributed by atoms with Crippen LogP contribution in [0, 0.1) is 10.8 Å². The number of carboxylic acids is 1. The number of carboxylic acid groups (broad SMARTS) is 1. The van der Waals surface area contributed by atoms with Gasteiger partial charge in [-0.05, 0) is 12.5 Å². The van der Waals surface area contributed by atoms with Crippen LogP contribution in [0.5, 0.6) is 0 Å². The summed E-state index contributed by atoms with van der Waals surface area (Å²) in [5.74, 6) is -1.38. The zero-order valence-electron chi connectivity index (χ0n) is 12.1. The van der Waals surface area contributed by atoms with E-state index in [0.717, 1.165) is 0 Å². The van der Waals surface area contributed by atoms with Crippen LogP contribution in [-0.2, 0) is 11.8 Å². The minimum atomic E-state index is -4.54. The molecule has 2 fully saturated rings. The van der Waals surface area contributed by atoms with Crippen molar-refractivity contribution in [2.75, 3.05) is 18.0 Å². The Labute approximate surface area is 128 Å². The van der Waals surface area contributed by atoms with Crippen LogP contribution < -0.4 is 4.90 Å². The number of hydrogen-bond donors (Lipinski definition) is 1. The van der Waals surface area contributed by atoms with Gasteiger partial charge >= 0.3 is 12.1 Å². The quantitative estimate of drug-likeness (QED) is 0.911. The lowest BCUT2D eigenvalue weighted by atomic mass is 9.96. The van der Waals surface area contributed by atoms with Gasteiger partial charge in [-0.2, -0.15) is 18.3 Å². The number of piperidine rings is 1. The molecule has 2 unspecified atom stereocenters. The van der Waals surface area contributed by atoms with E-state index in [1.54, 1.807) is 13.1 Å². The fourth-order valence-corrected chi connectivity index (χ4v) is 3.88. The van der Waals surface area contributed by atoms with Gasteiger partial charge in [-0.25, -0.2) is 4.98 Å². The normalized spacial score (nSPS) is 29.8. The predicted molar refractivity (Wildman–Crippen MR) is 73.9 cm³/mol. The zero-order valence-corrected chi connectivity index (χ0v) is 12.1. The predicted octanol–water partition coefficient (Wildman–Crippen LogP) is 1.81. The Morgan fingerprint density at radius 3 is 2.74 bits per heavy atom. The monoisotopic (exact) mass is 326 g/mol. The van der Waals surface area contributed by atoms with Crippen LogP contribution in [0.25, 0.3) is 11.0 Å². The van der Waals surface area contributed by atoms with Gasteiger partial charge in [0.25, 0.3) is 0 Å². The Morgan fingerprint density at radius 1 is 1.39 bits per heavy atom. The lowest BCUT2D eigenvalue weighted by Crippen LogP contribution is -2.34. The third kappa shape index (κ3) is 1.57. The molecule has 2 aromatic heterocycles. The molecule has 0 spiro atoms. The molecule has 3 heterocycles. The molecule has 0 bridgehead atoms. The molecule has 1 aliphatic carbocycles. The van der Waals surface area contributed by atoms with Gasteiger partial charge in [-0.15, -0.1) is 0 Å². The fraction of sp³-hybridized carbons (Fsp3) is 0.500. The van der Waals surface area contributed by atoms with E-state index in [4.69, 9.17) is 0 Å². The van der Waals surface area contributed by atoms with Crippen molar-refractivity contribution >= 4 is 22.7 Å². The van der Waals surface area contributed by atoms with Crippen molar-refractivity contribution < 1.29 is 23.1 Å². The van der Waals surface area contributed by atoms with Crippen molar-refractivity contribution in [3.63, 3.8) is 0 Å². The summed E-state index contributed by atoms with van der Waals surface area (Å²) >= 11 is 0. The lowest BCUT2D eigenvalue weighted by molar-refractivity contribution is -0.194. The molecule has 2 atom stereocenters. The van der Waals surface area contributed by atoms with E-state index in [0.29, 0.717) is 16.7 Å². The third-order valence-corrected chi connectivity index (χ3v) is 5.22. The number of nitrogens with zero attached hydrogens (tertiary/aromatic N) is 4. The smallest absolute Gasteiger partial charge is 0.397 e. The molecule has 0 aromatic carbocycles. The molecule has 1 N–H and O–H groups in total. The van der Waals surface area contributed by atoms with Crippen LogP contribution in [0.4, 0.5) is 18.9 Å². The van der Waals surface area contributed by atoms with E-state index < -0.39 is 23.0 Å². The highest BCUT2D eigenvalue weighted by molar-refractivity contribution is 5.91. The van der Waals surface area contributed by atoms with Crippen molar-refractivity contribution in [3.8, 4) is 0 Å². The topological polar surface area (TPSA) is 71.2 Å². The molecule has 122 valence electrons. The highest BCUT2D eigenvalue weighted by atomic mass is 19.4. The molecule has 6 nitrogen and oxygen atoms in total. The van der Waals surface area contributed by atoms with E-state index in [9.17, 15) is 23.1 Å². The van der Waals surface area contributed by atoms with Gasteiger partial charge in [0, 0.05) is 26.3 Å². The van der Waals surface area contributed by atoms with Gasteiger partial charge in [-0.3, -0.25) is 9.48 Å². The van der Waals surface area contributed by atoms with Crippen LogP contribution in [0.3, 0.4) is 0 Å². The SMILES string of the molecule is Cn1ncc2c(N3CC4(C(=O)O)CC4(C(F)(F)F)C3)ccnc21. The van der Waals surface area contributed by atoms with Crippen molar-refractivity contribution in [1.29, 1.82) is 0 Å². The summed E-state index contributed by atoms with van der Waals surface area (Å²) in [6, 6.07) is 1.61. The average molecular weight is 326 g/mol. The Morgan fingerprint density at radius 2 is 2.13 bits per heavy atom. The van der Waals surface area contributed by atoms with E-state index in [1.807, 2.05) is 0 Å². The maximum atomic E-state index is 13.5.